The summed E-state index contributed by atoms with van der Waals surface area (Å²) in [7, 11) is 1.52. The van der Waals surface area contributed by atoms with Gasteiger partial charge in [-0.1, -0.05) is 18.2 Å². The van der Waals surface area contributed by atoms with Crippen molar-refractivity contribution >= 4 is 11.9 Å². The van der Waals surface area contributed by atoms with Gasteiger partial charge in [-0.3, -0.25) is 4.79 Å². The number of hydrogen-bond donors (Lipinski definition) is 2. The highest BCUT2D eigenvalue weighted by molar-refractivity contribution is 5.98. The van der Waals surface area contributed by atoms with E-state index in [1.165, 1.54) is 19.2 Å². The van der Waals surface area contributed by atoms with Crippen LogP contribution in [0.3, 0.4) is 0 Å². The molecule has 24 heavy (non-hydrogen) atoms. The molecule has 1 amide bonds. The molecule has 0 aliphatic rings. The normalized spacial score (nSPS) is 10.1. The minimum atomic E-state index is -1.01. The maximum absolute atomic E-state index is 12.3. The van der Waals surface area contributed by atoms with Crippen molar-refractivity contribution in [2.45, 2.75) is 6.92 Å². The van der Waals surface area contributed by atoms with E-state index in [1.807, 2.05) is 19.1 Å². The Bertz CT molecular complexity index is 742. The molecule has 0 heterocycles. The summed E-state index contributed by atoms with van der Waals surface area (Å²) in [5, 5.41) is 11.7. The third-order valence-electron chi connectivity index (χ3n) is 3.42. The third kappa shape index (κ3) is 4.25. The van der Waals surface area contributed by atoms with Crippen LogP contribution in [-0.2, 0) is 0 Å². The molecule has 126 valence electrons. The fourth-order valence-corrected chi connectivity index (χ4v) is 2.24. The van der Waals surface area contributed by atoms with Gasteiger partial charge in [0.1, 0.15) is 18.1 Å². The predicted molar refractivity (Wildman–Crippen MR) is 89.0 cm³/mol. The summed E-state index contributed by atoms with van der Waals surface area (Å²) in [6.07, 6.45) is 0. The number of carbonyl (C=O) groups is 2. The molecule has 0 aromatic heterocycles. The molecule has 0 radical (unpaired) electrons. The van der Waals surface area contributed by atoms with Crippen molar-refractivity contribution in [3.63, 3.8) is 0 Å². The summed E-state index contributed by atoms with van der Waals surface area (Å²) in [6.45, 7) is 2.35. The van der Waals surface area contributed by atoms with Gasteiger partial charge in [-0.2, -0.15) is 0 Å². The first-order valence-electron chi connectivity index (χ1n) is 7.41. The largest absolute Gasteiger partial charge is 0.496 e. The Morgan fingerprint density at radius 1 is 1.17 bits per heavy atom. The van der Waals surface area contributed by atoms with Crippen molar-refractivity contribution < 1.29 is 24.2 Å². The Morgan fingerprint density at radius 3 is 2.62 bits per heavy atom. The van der Waals surface area contributed by atoms with Crippen molar-refractivity contribution in [1.29, 1.82) is 0 Å². The first-order chi connectivity index (χ1) is 11.5. The fraction of sp³-hybridized carbons (Fsp3) is 0.222. The van der Waals surface area contributed by atoms with Crippen LogP contribution < -0.4 is 14.8 Å². The van der Waals surface area contributed by atoms with Gasteiger partial charge in [0, 0.05) is 0 Å². The van der Waals surface area contributed by atoms with Gasteiger partial charge in [0.2, 0.25) is 0 Å². The maximum atomic E-state index is 12.3. The Balaban J connectivity index is 1.90. The summed E-state index contributed by atoms with van der Waals surface area (Å²) in [6, 6.07) is 11.6. The molecule has 0 unspecified atom stereocenters. The average molecular weight is 329 g/mol. The van der Waals surface area contributed by atoms with Crippen LogP contribution in [0.1, 0.15) is 26.3 Å². The van der Waals surface area contributed by atoms with Gasteiger partial charge in [-0.15, -0.1) is 0 Å². The van der Waals surface area contributed by atoms with Gasteiger partial charge in [-0.25, -0.2) is 4.79 Å². The van der Waals surface area contributed by atoms with Crippen LogP contribution in [0.4, 0.5) is 0 Å². The lowest BCUT2D eigenvalue weighted by Crippen LogP contribution is -2.29. The number of ether oxygens (including phenoxy) is 2. The number of amides is 1. The first kappa shape index (κ1) is 17.3. The van der Waals surface area contributed by atoms with Crippen LogP contribution in [0, 0.1) is 6.92 Å². The molecular formula is C18H19NO5. The smallest absolute Gasteiger partial charge is 0.335 e. The molecule has 0 fully saturated rings. The van der Waals surface area contributed by atoms with E-state index in [0.717, 1.165) is 5.56 Å². The molecule has 6 heteroatoms. The van der Waals surface area contributed by atoms with Gasteiger partial charge < -0.3 is 19.9 Å². The van der Waals surface area contributed by atoms with Crippen molar-refractivity contribution in [3.05, 3.63) is 59.2 Å². The minimum absolute atomic E-state index is 0.154. The standard InChI is InChI=1S/C18H19NO5/c1-12-5-3-8-15(23-2)16(12)17(20)19-9-10-24-14-7-4-6-13(11-14)18(21)22/h3-8,11H,9-10H2,1-2H3,(H,19,20)(H,21,22). The predicted octanol–water partition coefficient (Wildman–Crippen LogP) is 2.51. The number of carbonyl (C=O) groups excluding carboxylic acids is 1. The van der Waals surface area contributed by atoms with Crippen LogP contribution in [-0.4, -0.2) is 37.2 Å². The number of nitrogens with one attached hydrogen (secondary N) is 1. The number of methoxy groups -OCH3 is 1. The van der Waals surface area contributed by atoms with E-state index in [4.69, 9.17) is 14.6 Å². The average Bonchev–Trinajstić information content (AvgIpc) is 2.58. The highest BCUT2D eigenvalue weighted by Gasteiger charge is 2.14. The second-order valence-corrected chi connectivity index (χ2v) is 5.09. The molecule has 0 aliphatic carbocycles. The second-order valence-electron chi connectivity index (χ2n) is 5.09. The van der Waals surface area contributed by atoms with Crippen LogP contribution in [0.2, 0.25) is 0 Å². The van der Waals surface area contributed by atoms with E-state index < -0.39 is 5.97 Å². The fourth-order valence-electron chi connectivity index (χ4n) is 2.24. The quantitative estimate of drug-likeness (QED) is 0.763. The van der Waals surface area contributed by atoms with Crippen LogP contribution in [0.5, 0.6) is 11.5 Å². The lowest BCUT2D eigenvalue weighted by atomic mass is 10.1. The number of benzene rings is 2. The Kier molecular flexibility index (Phi) is 5.78. The van der Waals surface area contributed by atoms with Crippen molar-refractivity contribution in [2.24, 2.45) is 0 Å². The zero-order valence-corrected chi connectivity index (χ0v) is 13.5. The topological polar surface area (TPSA) is 84.9 Å². The molecular weight excluding hydrogens is 310 g/mol. The van der Waals surface area contributed by atoms with Crippen LogP contribution in [0.25, 0.3) is 0 Å². The lowest BCUT2D eigenvalue weighted by molar-refractivity contribution is 0.0696. The van der Waals surface area contributed by atoms with E-state index in [9.17, 15) is 9.59 Å². The monoisotopic (exact) mass is 329 g/mol. The number of aryl methyl sites for hydroxylation is 1. The highest BCUT2D eigenvalue weighted by Crippen LogP contribution is 2.21. The molecule has 2 N–H and O–H groups in total. The summed E-state index contributed by atoms with van der Waals surface area (Å²) in [5.41, 5.74) is 1.47. The van der Waals surface area contributed by atoms with E-state index >= 15 is 0 Å². The molecule has 0 saturated carbocycles. The van der Waals surface area contributed by atoms with E-state index in [2.05, 4.69) is 5.32 Å². The number of rotatable bonds is 7. The minimum Gasteiger partial charge on any atom is -0.496 e. The van der Waals surface area contributed by atoms with Gasteiger partial charge in [0.05, 0.1) is 24.8 Å². The van der Waals surface area contributed by atoms with Gasteiger partial charge in [0.15, 0.2) is 0 Å². The van der Waals surface area contributed by atoms with Crippen molar-refractivity contribution in [3.8, 4) is 11.5 Å². The molecule has 2 aromatic carbocycles. The van der Waals surface area contributed by atoms with Gasteiger partial charge >= 0.3 is 5.97 Å². The number of aromatic carboxylic acids is 1. The summed E-state index contributed by atoms with van der Waals surface area (Å²) in [4.78, 5) is 23.2. The molecule has 2 rings (SSSR count). The summed E-state index contributed by atoms with van der Waals surface area (Å²) < 4.78 is 10.7. The van der Waals surface area contributed by atoms with Crippen LogP contribution in [0.15, 0.2) is 42.5 Å². The molecule has 6 nitrogen and oxygen atoms in total. The summed E-state index contributed by atoms with van der Waals surface area (Å²) >= 11 is 0. The molecule has 0 aliphatic heterocycles. The number of carboxylic acid groups (broad SMARTS) is 1. The maximum Gasteiger partial charge on any atom is 0.335 e. The molecule has 0 spiro atoms. The zero-order valence-electron chi connectivity index (χ0n) is 13.5. The van der Waals surface area contributed by atoms with Crippen molar-refractivity contribution in [1.82, 2.24) is 5.32 Å². The van der Waals surface area contributed by atoms with Crippen LogP contribution >= 0.6 is 0 Å². The van der Waals surface area contributed by atoms with E-state index in [-0.39, 0.29) is 24.6 Å². The Labute approximate surface area is 140 Å². The van der Waals surface area contributed by atoms with Crippen molar-refractivity contribution in [2.75, 3.05) is 20.3 Å². The molecule has 0 atom stereocenters. The van der Waals surface area contributed by atoms with E-state index in [1.54, 1.807) is 18.2 Å². The third-order valence-corrected chi connectivity index (χ3v) is 3.42. The highest BCUT2D eigenvalue weighted by atomic mass is 16.5. The van der Waals surface area contributed by atoms with Gasteiger partial charge in [-0.05, 0) is 36.8 Å². The summed E-state index contributed by atoms with van der Waals surface area (Å²) in [5.74, 6) is -0.298. The molecule has 0 saturated heterocycles. The molecule has 0 bridgehead atoms. The van der Waals surface area contributed by atoms with E-state index in [0.29, 0.717) is 17.1 Å². The lowest BCUT2D eigenvalue weighted by Gasteiger charge is -2.12. The SMILES string of the molecule is COc1cccc(C)c1C(=O)NCCOc1cccc(C(=O)O)c1. The Morgan fingerprint density at radius 2 is 1.92 bits per heavy atom. The number of carboxylic acids is 1. The first-order valence-corrected chi connectivity index (χ1v) is 7.41. The number of hydrogen-bond acceptors (Lipinski definition) is 4. The zero-order chi connectivity index (χ0) is 17.5. The Hall–Kier alpha value is -3.02. The van der Waals surface area contributed by atoms with Gasteiger partial charge in [0.25, 0.3) is 5.91 Å². The molecule has 2 aromatic rings. The second kappa shape index (κ2) is 8.01.